The van der Waals surface area contributed by atoms with E-state index in [9.17, 15) is 0 Å². The van der Waals surface area contributed by atoms with Gasteiger partial charge in [0.25, 0.3) is 0 Å². The van der Waals surface area contributed by atoms with Crippen LogP contribution in [0.5, 0.6) is 0 Å². The zero-order chi connectivity index (χ0) is 10.1. The Labute approximate surface area is 83.1 Å². The molecule has 0 amide bonds. The van der Waals surface area contributed by atoms with Gasteiger partial charge in [0.05, 0.1) is 0 Å². The van der Waals surface area contributed by atoms with Crippen LogP contribution in [0.25, 0.3) is 0 Å². The highest BCUT2D eigenvalue weighted by atomic mass is 14.7. The third-order valence-corrected chi connectivity index (χ3v) is 3.56. The van der Waals surface area contributed by atoms with Crippen LogP contribution in [-0.2, 0) is 0 Å². The molecule has 78 valence electrons. The van der Waals surface area contributed by atoms with Gasteiger partial charge in [-0.3, -0.25) is 0 Å². The SMILES string of the molecule is CCCC(C)CC(N)C1CC1(C)C. The third kappa shape index (κ3) is 2.98. The van der Waals surface area contributed by atoms with Gasteiger partial charge in [-0.1, -0.05) is 40.5 Å². The van der Waals surface area contributed by atoms with Gasteiger partial charge in [-0.25, -0.2) is 0 Å². The second-order valence-electron chi connectivity index (χ2n) is 5.59. The van der Waals surface area contributed by atoms with Gasteiger partial charge in [0.1, 0.15) is 0 Å². The maximum atomic E-state index is 6.19. The molecule has 0 aromatic rings. The first-order chi connectivity index (χ1) is 5.97. The van der Waals surface area contributed by atoms with Gasteiger partial charge in [0.2, 0.25) is 0 Å². The maximum absolute atomic E-state index is 6.19. The zero-order valence-corrected chi connectivity index (χ0v) is 9.64. The van der Waals surface area contributed by atoms with E-state index in [-0.39, 0.29) is 0 Å². The van der Waals surface area contributed by atoms with Crippen molar-refractivity contribution in [2.45, 2.75) is 59.4 Å². The molecule has 0 aromatic heterocycles. The molecule has 1 saturated carbocycles. The average Bonchev–Trinajstić information content (AvgIpc) is 2.60. The molecule has 1 heteroatoms. The zero-order valence-electron chi connectivity index (χ0n) is 9.64. The topological polar surface area (TPSA) is 26.0 Å². The van der Waals surface area contributed by atoms with Crippen molar-refractivity contribution >= 4 is 0 Å². The summed E-state index contributed by atoms with van der Waals surface area (Å²) in [6, 6.07) is 0.455. The highest BCUT2D eigenvalue weighted by Crippen LogP contribution is 2.53. The van der Waals surface area contributed by atoms with E-state index in [0.29, 0.717) is 11.5 Å². The second kappa shape index (κ2) is 4.00. The van der Waals surface area contributed by atoms with Crippen molar-refractivity contribution in [3.8, 4) is 0 Å². The molecule has 13 heavy (non-hydrogen) atoms. The highest BCUT2D eigenvalue weighted by Gasteiger charge is 2.48. The molecule has 3 unspecified atom stereocenters. The van der Waals surface area contributed by atoms with Crippen LogP contribution < -0.4 is 5.73 Å². The normalized spacial score (nSPS) is 29.8. The Kier molecular flexibility index (Phi) is 3.39. The van der Waals surface area contributed by atoms with Gasteiger partial charge in [-0.15, -0.1) is 0 Å². The molecule has 0 heterocycles. The smallest absolute Gasteiger partial charge is 0.00750 e. The van der Waals surface area contributed by atoms with Crippen LogP contribution in [-0.4, -0.2) is 6.04 Å². The Balaban J connectivity index is 2.22. The first kappa shape index (κ1) is 11.0. The molecule has 2 N–H and O–H groups in total. The largest absolute Gasteiger partial charge is 0.327 e. The van der Waals surface area contributed by atoms with Crippen molar-refractivity contribution in [2.75, 3.05) is 0 Å². The molecule has 0 bridgehead atoms. The van der Waals surface area contributed by atoms with Crippen molar-refractivity contribution in [1.29, 1.82) is 0 Å². The highest BCUT2D eigenvalue weighted by molar-refractivity contribution is 5.00. The molecule has 1 nitrogen and oxygen atoms in total. The molecule has 3 atom stereocenters. The van der Waals surface area contributed by atoms with Gasteiger partial charge in [0, 0.05) is 6.04 Å². The van der Waals surface area contributed by atoms with Gasteiger partial charge < -0.3 is 5.73 Å². The molecule has 0 aromatic carbocycles. The van der Waals surface area contributed by atoms with Crippen LogP contribution in [0, 0.1) is 17.3 Å². The molecule has 0 saturated heterocycles. The van der Waals surface area contributed by atoms with Crippen molar-refractivity contribution in [3.05, 3.63) is 0 Å². The monoisotopic (exact) mass is 183 g/mol. The van der Waals surface area contributed by atoms with Crippen molar-refractivity contribution in [2.24, 2.45) is 23.0 Å². The fraction of sp³-hybridized carbons (Fsp3) is 1.00. The number of hydrogen-bond donors (Lipinski definition) is 1. The summed E-state index contributed by atoms with van der Waals surface area (Å²) in [7, 11) is 0. The predicted molar refractivity (Wildman–Crippen MR) is 58.6 cm³/mol. The molecule has 0 spiro atoms. The Hall–Kier alpha value is -0.0400. The number of rotatable bonds is 5. The predicted octanol–water partition coefficient (Wildman–Crippen LogP) is 3.19. The summed E-state index contributed by atoms with van der Waals surface area (Å²) in [5.41, 5.74) is 6.73. The fourth-order valence-electron chi connectivity index (χ4n) is 2.48. The lowest BCUT2D eigenvalue weighted by Gasteiger charge is -2.18. The lowest BCUT2D eigenvalue weighted by atomic mass is 9.93. The Bertz CT molecular complexity index is 163. The van der Waals surface area contributed by atoms with Crippen molar-refractivity contribution in [3.63, 3.8) is 0 Å². The summed E-state index contributed by atoms with van der Waals surface area (Å²) >= 11 is 0. The summed E-state index contributed by atoms with van der Waals surface area (Å²) in [4.78, 5) is 0. The van der Waals surface area contributed by atoms with Crippen LogP contribution in [0.4, 0.5) is 0 Å². The molecule has 1 rings (SSSR count). The van der Waals surface area contributed by atoms with E-state index < -0.39 is 0 Å². The third-order valence-electron chi connectivity index (χ3n) is 3.56. The van der Waals surface area contributed by atoms with Crippen LogP contribution in [0.15, 0.2) is 0 Å². The molecule has 0 radical (unpaired) electrons. The minimum atomic E-state index is 0.455. The Morgan fingerprint density at radius 2 is 2.00 bits per heavy atom. The number of nitrogens with two attached hydrogens (primary N) is 1. The quantitative estimate of drug-likeness (QED) is 0.696. The minimum Gasteiger partial charge on any atom is -0.327 e. The van der Waals surface area contributed by atoms with Crippen LogP contribution in [0.1, 0.15) is 53.4 Å². The summed E-state index contributed by atoms with van der Waals surface area (Å²) in [6.07, 6.45) is 5.19. The Morgan fingerprint density at radius 1 is 1.46 bits per heavy atom. The van der Waals surface area contributed by atoms with E-state index >= 15 is 0 Å². The lowest BCUT2D eigenvalue weighted by molar-refractivity contribution is 0.379. The molecule has 1 aliphatic rings. The van der Waals surface area contributed by atoms with Gasteiger partial charge >= 0.3 is 0 Å². The van der Waals surface area contributed by atoms with Gasteiger partial charge in [0.15, 0.2) is 0 Å². The summed E-state index contributed by atoms with van der Waals surface area (Å²) < 4.78 is 0. The van der Waals surface area contributed by atoms with Crippen LogP contribution >= 0.6 is 0 Å². The van der Waals surface area contributed by atoms with Gasteiger partial charge in [-0.05, 0) is 30.1 Å². The molecular formula is C12H25N. The van der Waals surface area contributed by atoms with Crippen LogP contribution in [0.2, 0.25) is 0 Å². The summed E-state index contributed by atoms with van der Waals surface area (Å²) in [5.74, 6) is 1.61. The van der Waals surface area contributed by atoms with E-state index in [0.717, 1.165) is 11.8 Å². The van der Waals surface area contributed by atoms with E-state index in [2.05, 4.69) is 27.7 Å². The van der Waals surface area contributed by atoms with E-state index in [1.54, 1.807) is 0 Å². The second-order valence-corrected chi connectivity index (χ2v) is 5.59. The standard InChI is InChI=1S/C12H25N/c1-5-6-9(2)7-11(13)10-8-12(10,3)4/h9-11H,5-8,13H2,1-4H3. The molecule has 1 fully saturated rings. The van der Waals surface area contributed by atoms with Crippen molar-refractivity contribution < 1.29 is 0 Å². The minimum absolute atomic E-state index is 0.455. The fourth-order valence-corrected chi connectivity index (χ4v) is 2.48. The van der Waals surface area contributed by atoms with E-state index in [1.807, 2.05) is 0 Å². The molecule has 1 aliphatic carbocycles. The van der Waals surface area contributed by atoms with Crippen LogP contribution in [0.3, 0.4) is 0 Å². The molecular weight excluding hydrogens is 158 g/mol. The number of hydrogen-bond acceptors (Lipinski definition) is 1. The van der Waals surface area contributed by atoms with E-state index in [1.165, 1.54) is 25.7 Å². The van der Waals surface area contributed by atoms with Gasteiger partial charge in [-0.2, -0.15) is 0 Å². The maximum Gasteiger partial charge on any atom is 0.00750 e. The van der Waals surface area contributed by atoms with Crippen molar-refractivity contribution in [1.82, 2.24) is 0 Å². The summed E-state index contributed by atoms with van der Waals surface area (Å²) in [6.45, 7) is 9.26. The van der Waals surface area contributed by atoms with E-state index in [4.69, 9.17) is 5.73 Å². The summed E-state index contributed by atoms with van der Waals surface area (Å²) in [5, 5.41) is 0. The first-order valence-corrected chi connectivity index (χ1v) is 5.73. The molecule has 0 aliphatic heterocycles. The lowest BCUT2D eigenvalue weighted by Crippen LogP contribution is -2.27. The average molecular weight is 183 g/mol. The Morgan fingerprint density at radius 3 is 2.38 bits per heavy atom. The first-order valence-electron chi connectivity index (χ1n) is 5.73.